The molecule has 3 fully saturated rings. The van der Waals surface area contributed by atoms with Gasteiger partial charge in [0.2, 0.25) is 5.91 Å². The molecule has 1 saturated carbocycles. The van der Waals surface area contributed by atoms with Crippen molar-refractivity contribution in [2.45, 2.75) is 63.5 Å². The summed E-state index contributed by atoms with van der Waals surface area (Å²) in [6, 6.07) is 13.9. The van der Waals surface area contributed by atoms with Gasteiger partial charge in [-0.15, -0.1) is 0 Å². The molecule has 2 aliphatic heterocycles. The van der Waals surface area contributed by atoms with E-state index >= 15 is 0 Å². The van der Waals surface area contributed by atoms with Gasteiger partial charge in [-0.3, -0.25) is 14.5 Å². The average Bonchev–Trinajstić information content (AvgIpc) is 3.49. The third kappa shape index (κ3) is 4.68. The molecule has 2 atom stereocenters. The molecule has 3 aliphatic rings. The first-order valence-electron chi connectivity index (χ1n) is 12.5. The molecule has 5 nitrogen and oxygen atoms in total. The van der Waals surface area contributed by atoms with E-state index in [1.807, 2.05) is 41.3 Å². The Kier molecular flexibility index (Phi) is 6.44. The van der Waals surface area contributed by atoms with Crippen LogP contribution in [0.2, 0.25) is 0 Å². The van der Waals surface area contributed by atoms with Crippen molar-refractivity contribution in [1.29, 1.82) is 0 Å². The zero-order valence-electron chi connectivity index (χ0n) is 19.0. The Morgan fingerprint density at radius 1 is 0.906 bits per heavy atom. The summed E-state index contributed by atoms with van der Waals surface area (Å²) in [6.45, 7) is 3.55. The van der Waals surface area contributed by atoms with E-state index in [1.165, 1.54) is 32.1 Å². The number of rotatable bonds is 5. The molecule has 0 bridgehead atoms. The fourth-order valence-electron chi connectivity index (χ4n) is 5.92. The zero-order valence-corrected chi connectivity index (χ0v) is 19.0. The molecule has 5 rings (SSSR count). The first-order valence-corrected chi connectivity index (χ1v) is 12.5. The van der Waals surface area contributed by atoms with Gasteiger partial charge in [0, 0.05) is 37.8 Å². The number of carbonyl (C=O) groups excluding carboxylic acids is 2. The standard InChI is InChI=1S/C27H35N3O2/c31-26(23-13-12-21-10-4-5-11-22(21)16-23)28-24-17-25(27(32)29-14-6-7-15-29)30(19-24)18-20-8-2-1-3-9-20/h4-5,10-13,16,20,24-25H,1-3,6-9,14-15,17-19H2,(H,28,31). The van der Waals surface area contributed by atoms with E-state index in [-0.39, 0.29) is 23.9 Å². The quantitative estimate of drug-likeness (QED) is 0.768. The molecule has 0 radical (unpaired) electrons. The SMILES string of the molecule is O=C(NC1CC(C(=O)N2CCCC2)N(CC2CCCCC2)C1)c1ccc2ccccc2c1. The van der Waals surface area contributed by atoms with Crippen LogP contribution in [0.1, 0.15) is 61.7 Å². The van der Waals surface area contributed by atoms with E-state index in [0.29, 0.717) is 11.5 Å². The number of hydrogen-bond acceptors (Lipinski definition) is 3. The Morgan fingerprint density at radius 2 is 1.66 bits per heavy atom. The van der Waals surface area contributed by atoms with Gasteiger partial charge in [0.1, 0.15) is 0 Å². The van der Waals surface area contributed by atoms with Gasteiger partial charge in [-0.2, -0.15) is 0 Å². The third-order valence-corrected chi connectivity index (χ3v) is 7.67. The van der Waals surface area contributed by atoms with Gasteiger partial charge in [-0.25, -0.2) is 0 Å². The minimum Gasteiger partial charge on any atom is -0.348 e. The normalized spacial score (nSPS) is 24.8. The van der Waals surface area contributed by atoms with Crippen LogP contribution in [0.5, 0.6) is 0 Å². The molecule has 32 heavy (non-hydrogen) atoms. The van der Waals surface area contributed by atoms with Crippen LogP contribution in [0.15, 0.2) is 42.5 Å². The van der Waals surface area contributed by atoms with Gasteiger partial charge in [0.25, 0.3) is 5.91 Å². The van der Waals surface area contributed by atoms with Gasteiger partial charge in [0.15, 0.2) is 0 Å². The Balaban J connectivity index is 1.28. The molecule has 2 aromatic carbocycles. The highest BCUT2D eigenvalue weighted by Gasteiger charge is 2.40. The average molecular weight is 434 g/mol. The second-order valence-corrected chi connectivity index (χ2v) is 9.97. The first kappa shape index (κ1) is 21.4. The predicted octanol–water partition coefficient (Wildman–Crippen LogP) is 4.22. The predicted molar refractivity (Wildman–Crippen MR) is 128 cm³/mol. The number of fused-ring (bicyclic) bond motifs is 1. The van der Waals surface area contributed by atoms with E-state index in [1.54, 1.807) is 0 Å². The van der Waals surface area contributed by atoms with Gasteiger partial charge in [-0.1, -0.05) is 49.6 Å². The summed E-state index contributed by atoms with van der Waals surface area (Å²) in [4.78, 5) is 30.8. The van der Waals surface area contributed by atoms with Gasteiger partial charge < -0.3 is 10.2 Å². The maximum Gasteiger partial charge on any atom is 0.251 e. The number of benzene rings is 2. The van der Waals surface area contributed by atoms with E-state index < -0.39 is 0 Å². The summed E-state index contributed by atoms with van der Waals surface area (Å²) < 4.78 is 0. The first-order chi connectivity index (χ1) is 15.7. The van der Waals surface area contributed by atoms with Crippen molar-refractivity contribution in [2.24, 2.45) is 5.92 Å². The molecule has 170 valence electrons. The fraction of sp³-hybridized carbons (Fsp3) is 0.556. The minimum absolute atomic E-state index is 0.0223. The molecule has 2 aromatic rings. The maximum absolute atomic E-state index is 13.3. The Morgan fingerprint density at radius 3 is 2.44 bits per heavy atom. The van der Waals surface area contributed by atoms with Crippen molar-refractivity contribution in [2.75, 3.05) is 26.2 Å². The summed E-state index contributed by atoms with van der Waals surface area (Å²) in [7, 11) is 0. The second-order valence-electron chi connectivity index (χ2n) is 9.97. The Hall–Kier alpha value is -2.40. The molecule has 2 saturated heterocycles. The summed E-state index contributed by atoms with van der Waals surface area (Å²) >= 11 is 0. The molecule has 1 aliphatic carbocycles. The molecular formula is C27H35N3O2. The van der Waals surface area contributed by atoms with E-state index in [0.717, 1.165) is 56.2 Å². The molecule has 2 unspecified atom stereocenters. The lowest BCUT2D eigenvalue weighted by molar-refractivity contribution is -0.135. The van der Waals surface area contributed by atoms with Crippen molar-refractivity contribution >= 4 is 22.6 Å². The largest absolute Gasteiger partial charge is 0.348 e. The molecule has 5 heteroatoms. The van der Waals surface area contributed by atoms with Crippen molar-refractivity contribution < 1.29 is 9.59 Å². The van der Waals surface area contributed by atoms with Crippen LogP contribution < -0.4 is 5.32 Å². The van der Waals surface area contributed by atoms with Crippen LogP contribution in [0.4, 0.5) is 0 Å². The molecule has 0 aromatic heterocycles. The fourth-order valence-corrected chi connectivity index (χ4v) is 5.92. The smallest absolute Gasteiger partial charge is 0.251 e. The molecule has 2 amide bonds. The molecule has 2 heterocycles. The van der Waals surface area contributed by atoms with Crippen molar-refractivity contribution in [3.8, 4) is 0 Å². The van der Waals surface area contributed by atoms with Crippen LogP contribution in [-0.2, 0) is 4.79 Å². The second kappa shape index (κ2) is 9.62. The topological polar surface area (TPSA) is 52.7 Å². The summed E-state index contributed by atoms with van der Waals surface area (Å²) in [5, 5.41) is 5.47. The number of nitrogens with zero attached hydrogens (tertiary/aromatic N) is 2. The maximum atomic E-state index is 13.3. The minimum atomic E-state index is -0.0862. The van der Waals surface area contributed by atoms with Gasteiger partial charge in [0.05, 0.1) is 6.04 Å². The van der Waals surface area contributed by atoms with Crippen LogP contribution >= 0.6 is 0 Å². The number of carbonyl (C=O) groups is 2. The summed E-state index contributed by atoms with van der Waals surface area (Å²) in [6.07, 6.45) is 9.46. The molecule has 0 spiro atoms. The van der Waals surface area contributed by atoms with E-state index in [2.05, 4.69) is 16.3 Å². The van der Waals surface area contributed by atoms with E-state index in [4.69, 9.17) is 0 Å². The number of amides is 2. The van der Waals surface area contributed by atoms with Crippen LogP contribution in [0.25, 0.3) is 10.8 Å². The lowest BCUT2D eigenvalue weighted by atomic mass is 9.89. The van der Waals surface area contributed by atoms with Crippen molar-refractivity contribution in [3.63, 3.8) is 0 Å². The number of hydrogen-bond donors (Lipinski definition) is 1. The molecule has 1 N–H and O–H groups in total. The Labute approximate surface area is 191 Å². The Bertz CT molecular complexity index is 962. The summed E-state index contributed by atoms with van der Waals surface area (Å²) in [5.74, 6) is 0.931. The van der Waals surface area contributed by atoms with Crippen LogP contribution in [0, 0.1) is 5.92 Å². The van der Waals surface area contributed by atoms with E-state index in [9.17, 15) is 9.59 Å². The highest BCUT2D eigenvalue weighted by atomic mass is 16.2. The van der Waals surface area contributed by atoms with Gasteiger partial charge in [-0.05, 0) is 60.9 Å². The van der Waals surface area contributed by atoms with Crippen LogP contribution in [0.3, 0.4) is 0 Å². The van der Waals surface area contributed by atoms with Crippen molar-refractivity contribution in [3.05, 3.63) is 48.0 Å². The monoisotopic (exact) mass is 433 g/mol. The number of nitrogens with one attached hydrogen (secondary N) is 1. The highest BCUT2D eigenvalue weighted by molar-refractivity contribution is 5.98. The highest BCUT2D eigenvalue weighted by Crippen LogP contribution is 2.29. The molecular weight excluding hydrogens is 398 g/mol. The lowest BCUT2D eigenvalue weighted by Gasteiger charge is -2.32. The van der Waals surface area contributed by atoms with Crippen molar-refractivity contribution in [1.82, 2.24) is 15.1 Å². The van der Waals surface area contributed by atoms with Crippen LogP contribution in [-0.4, -0.2) is 59.9 Å². The lowest BCUT2D eigenvalue weighted by Crippen LogP contribution is -2.46. The van der Waals surface area contributed by atoms with Gasteiger partial charge >= 0.3 is 0 Å². The number of likely N-dealkylation sites (tertiary alicyclic amines) is 2. The summed E-state index contributed by atoms with van der Waals surface area (Å²) in [5.41, 5.74) is 0.692. The zero-order chi connectivity index (χ0) is 21.9. The third-order valence-electron chi connectivity index (χ3n) is 7.67.